The number of nitrogens with one attached hydrogen (secondary N) is 1. The van der Waals surface area contributed by atoms with Crippen molar-refractivity contribution in [2.75, 3.05) is 13.2 Å². The summed E-state index contributed by atoms with van der Waals surface area (Å²) in [6.07, 6.45) is 7.77. The second-order valence-electron chi connectivity index (χ2n) is 9.22. The van der Waals surface area contributed by atoms with Gasteiger partial charge in [0.2, 0.25) is 0 Å². The molecule has 1 fully saturated rings. The van der Waals surface area contributed by atoms with Gasteiger partial charge in [0.05, 0.1) is 11.7 Å². The Morgan fingerprint density at radius 3 is 2.75 bits per heavy atom. The van der Waals surface area contributed by atoms with E-state index in [0.29, 0.717) is 11.6 Å². The number of benzene rings is 2. The van der Waals surface area contributed by atoms with Gasteiger partial charge in [0, 0.05) is 42.3 Å². The van der Waals surface area contributed by atoms with Crippen molar-refractivity contribution < 1.29 is 14.6 Å². The van der Waals surface area contributed by atoms with E-state index in [1.807, 2.05) is 12.1 Å². The maximum absolute atomic E-state index is 11.4. The van der Waals surface area contributed by atoms with E-state index in [4.69, 9.17) is 4.74 Å². The van der Waals surface area contributed by atoms with E-state index in [9.17, 15) is 9.90 Å². The van der Waals surface area contributed by atoms with Crippen molar-refractivity contribution in [2.24, 2.45) is 0 Å². The van der Waals surface area contributed by atoms with Gasteiger partial charge < -0.3 is 14.8 Å². The van der Waals surface area contributed by atoms with E-state index in [1.54, 1.807) is 12.1 Å². The third-order valence-corrected chi connectivity index (χ3v) is 7.37. The van der Waals surface area contributed by atoms with Crippen molar-refractivity contribution in [1.82, 2.24) is 9.88 Å². The first-order valence-electron chi connectivity index (χ1n) is 11.9. The molecule has 2 heterocycles. The standard InChI is InChI=1S/C27H32N2O3/c1-3-32-21-12-14-29(24(16-21)18-7-9-19(10-8-18)27(30)31)23-6-4-5-20-15-17(2)26-22(25(20)23)11-13-28-26/h7-11,13,15,21,23-24,28H,3-6,12,14,16H2,1-2H3,(H,30,31)/t21-,23?,24-/m0/s1. The molecule has 5 nitrogen and oxygen atoms in total. The Morgan fingerprint density at radius 1 is 1.19 bits per heavy atom. The van der Waals surface area contributed by atoms with Gasteiger partial charge in [-0.1, -0.05) is 18.2 Å². The molecule has 2 aliphatic rings. The van der Waals surface area contributed by atoms with Crippen LogP contribution in [-0.4, -0.2) is 40.2 Å². The van der Waals surface area contributed by atoms with E-state index < -0.39 is 5.97 Å². The first-order valence-corrected chi connectivity index (χ1v) is 11.9. The number of piperidine rings is 1. The van der Waals surface area contributed by atoms with Crippen molar-refractivity contribution >= 4 is 16.9 Å². The topological polar surface area (TPSA) is 65.6 Å². The van der Waals surface area contributed by atoms with Crippen LogP contribution in [0, 0.1) is 6.92 Å². The number of aromatic carboxylic acids is 1. The highest BCUT2D eigenvalue weighted by atomic mass is 16.5. The Morgan fingerprint density at radius 2 is 2.00 bits per heavy atom. The number of fused-ring (bicyclic) bond motifs is 3. The molecule has 32 heavy (non-hydrogen) atoms. The van der Waals surface area contributed by atoms with Crippen molar-refractivity contribution in [3.8, 4) is 0 Å². The molecule has 1 aromatic heterocycles. The number of carboxylic acid groups (broad SMARTS) is 1. The van der Waals surface area contributed by atoms with Gasteiger partial charge in [0.25, 0.3) is 0 Å². The summed E-state index contributed by atoms with van der Waals surface area (Å²) in [7, 11) is 0. The van der Waals surface area contributed by atoms with Gasteiger partial charge in [-0.15, -0.1) is 0 Å². The normalized spacial score (nSPS) is 23.9. The summed E-state index contributed by atoms with van der Waals surface area (Å²) in [5.74, 6) is -0.879. The van der Waals surface area contributed by atoms with Gasteiger partial charge in [-0.25, -0.2) is 4.79 Å². The molecule has 2 aromatic carbocycles. The zero-order valence-corrected chi connectivity index (χ0v) is 18.9. The van der Waals surface area contributed by atoms with Gasteiger partial charge >= 0.3 is 5.97 Å². The highest BCUT2D eigenvalue weighted by Crippen LogP contribution is 2.46. The minimum Gasteiger partial charge on any atom is -0.478 e. The number of aromatic nitrogens is 1. The number of carbonyl (C=O) groups is 1. The first kappa shape index (κ1) is 21.2. The number of ether oxygens (including phenoxy) is 1. The van der Waals surface area contributed by atoms with E-state index in [1.165, 1.54) is 39.6 Å². The molecule has 1 aliphatic carbocycles. The van der Waals surface area contributed by atoms with E-state index in [-0.39, 0.29) is 12.1 Å². The number of likely N-dealkylation sites (tertiary alicyclic amines) is 1. The number of hydrogen-bond donors (Lipinski definition) is 2. The van der Waals surface area contributed by atoms with Crippen molar-refractivity contribution in [1.29, 1.82) is 0 Å². The average Bonchev–Trinajstić information content (AvgIpc) is 3.30. The Balaban J connectivity index is 1.55. The molecule has 0 bridgehead atoms. The predicted octanol–water partition coefficient (Wildman–Crippen LogP) is 5.79. The molecule has 3 aromatic rings. The van der Waals surface area contributed by atoms with Gasteiger partial charge in [-0.2, -0.15) is 0 Å². The lowest BCUT2D eigenvalue weighted by Crippen LogP contribution is -2.43. The Hall–Kier alpha value is -2.63. The molecule has 0 spiro atoms. The highest BCUT2D eigenvalue weighted by molar-refractivity contribution is 5.88. The third-order valence-electron chi connectivity index (χ3n) is 7.37. The monoisotopic (exact) mass is 432 g/mol. The van der Waals surface area contributed by atoms with E-state index in [2.05, 4.69) is 42.1 Å². The SMILES string of the molecule is CCO[C@H]1CCN(C2CCCc3cc(C)c4[nH]ccc4c32)[C@H](c2ccc(C(=O)O)cc2)C1. The fourth-order valence-corrected chi connectivity index (χ4v) is 5.95. The highest BCUT2D eigenvalue weighted by Gasteiger charge is 2.37. The maximum atomic E-state index is 11.4. The lowest BCUT2D eigenvalue weighted by atomic mass is 9.81. The minimum absolute atomic E-state index is 0.217. The van der Waals surface area contributed by atoms with Crippen molar-refractivity contribution in [3.63, 3.8) is 0 Å². The number of aromatic amines is 1. The van der Waals surface area contributed by atoms with E-state index >= 15 is 0 Å². The van der Waals surface area contributed by atoms with Crippen LogP contribution >= 0.6 is 0 Å². The molecule has 2 N–H and O–H groups in total. The van der Waals surface area contributed by atoms with E-state index in [0.717, 1.165) is 38.8 Å². The van der Waals surface area contributed by atoms with Crippen LogP contribution in [-0.2, 0) is 11.2 Å². The zero-order valence-electron chi connectivity index (χ0n) is 18.9. The summed E-state index contributed by atoms with van der Waals surface area (Å²) in [4.78, 5) is 17.5. The number of nitrogens with zero attached hydrogens (tertiary/aromatic N) is 1. The minimum atomic E-state index is -0.879. The quantitative estimate of drug-likeness (QED) is 0.535. The molecule has 0 radical (unpaired) electrons. The number of rotatable bonds is 5. The Kier molecular flexibility index (Phi) is 5.78. The maximum Gasteiger partial charge on any atom is 0.335 e. The van der Waals surface area contributed by atoms with Crippen LogP contribution in [0.25, 0.3) is 10.9 Å². The summed E-state index contributed by atoms with van der Waals surface area (Å²) in [6.45, 7) is 5.97. The average molecular weight is 433 g/mol. The second-order valence-corrected chi connectivity index (χ2v) is 9.22. The molecule has 1 saturated heterocycles. The zero-order chi connectivity index (χ0) is 22.2. The Labute approximate surface area is 189 Å². The summed E-state index contributed by atoms with van der Waals surface area (Å²) in [6, 6.07) is 12.7. The molecule has 3 atom stereocenters. The van der Waals surface area contributed by atoms with Crippen LogP contribution in [0.4, 0.5) is 0 Å². The lowest BCUT2D eigenvalue weighted by Gasteiger charge is -2.46. The summed E-state index contributed by atoms with van der Waals surface area (Å²) >= 11 is 0. The van der Waals surface area contributed by atoms with Crippen LogP contribution in [0.1, 0.15) is 77.3 Å². The van der Waals surface area contributed by atoms with Crippen LogP contribution in [0.15, 0.2) is 42.6 Å². The summed E-state index contributed by atoms with van der Waals surface area (Å²) in [5.41, 5.74) is 7.06. The molecule has 0 saturated carbocycles. The van der Waals surface area contributed by atoms with Crippen LogP contribution < -0.4 is 0 Å². The fourth-order valence-electron chi connectivity index (χ4n) is 5.95. The predicted molar refractivity (Wildman–Crippen MR) is 126 cm³/mol. The first-order chi connectivity index (χ1) is 15.6. The molecule has 0 amide bonds. The second kappa shape index (κ2) is 8.72. The van der Waals surface area contributed by atoms with Crippen LogP contribution in [0.5, 0.6) is 0 Å². The smallest absolute Gasteiger partial charge is 0.335 e. The van der Waals surface area contributed by atoms with Gasteiger partial charge in [-0.3, -0.25) is 4.90 Å². The van der Waals surface area contributed by atoms with Crippen molar-refractivity contribution in [3.05, 3.63) is 70.4 Å². The van der Waals surface area contributed by atoms with Gasteiger partial charge in [0.15, 0.2) is 0 Å². The van der Waals surface area contributed by atoms with Crippen LogP contribution in [0.2, 0.25) is 0 Å². The van der Waals surface area contributed by atoms with Crippen LogP contribution in [0.3, 0.4) is 0 Å². The Bertz CT molecular complexity index is 1120. The largest absolute Gasteiger partial charge is 0.478 e. The van der Waals surface area contributed by atoms with Gasteiger partial charge in [-0.05, 0) is 86.4 Å². The number of aryl methyl sites for hydroxylation is 2. The fraction of sp³-hybridized carbons (Fsp3) is 0.444. The molecular formula is C27H32N2O3. The summed E-state index contributed by atoms with van der Waals surface area (Å²) < 4.78 is 6.05. The molecule has 1 aliphatic heterocycles. The third kappa shape index (κ3) is 3.74. The lowest BCUT2D eigenvalue weighted by molar-refractivity contribution is -0.0281. The molecule has 5 rings (SSSR count). The van der Waals surface area contributed by atoms with Gasteiger partial charge in [0.1, 0.15) is 0 Å². The molecule has 168 valence electrons. The number of H-pyrrole nitrogens is 1. The van der Waals surface area contributed by atoms with Crippen molar-refractivity contribution in [2.45, 2.75) is 64.1 Å². The number of carboxylic acids is 1. The number of hydrogen-bond acceptors (Lipinski definition) is 3. The summed E-state index contributed by atoms with van der Waals surface area (Å²) in [5, 5.41) is 10.7. The molecule has 1 unspecified atom stereocenters. The molecular weight excluding hydrogens is 400 g/mol. The molecule has 5 heteroatoms.